The molecule has 92 valence electrons. The molecule has 0 N–H and O–H groups in total. The molecule has 5 nitrogen and oxygen atoms in total. The van der Waals surface area contributed by atoms with Gasteiger partial charge in [-0.05, 0) is 25.0 Å². The smallest absolute Gasteiger partial charge is 0.241 e. The van der Waals surface area contributed by atoms with Gasteiger partial charge in [-0.3, -0.25) is 9.59 Å². The molecular formula is C13H12N2O3. The van der Waals surface area contributed by atoms with Crippen molar-refractivity contribution < 1.29 is 14.3 Å². The van der Waals surface area contributed by atoms with Crippen LogP contribution in [0.5, 0.6) is 0 Å². The average Bonchev–Trinajstić information content (AvgIpc) is 3.05. The number of imide groups is 1. The van der Waals surface area contributed by atoms with Crippen molar-refractivity contribution in [1.29, 1.82) is 0 Å². The lowest BCUT2D eigenvalue weighted by molar-refractivity contribution is -0.124. The molecule has 4 atom stereocenters. The Labute approximate surface area is 104 Å². The van der Waals surface area contributed by atoms with E-state index in [0.29, 0.717) is 5.82 Å². The number of rotatable bonds is 1. The maximum absolute atomic E-state index is 12.4. The van der Waals surface area contributed by atoms with Crippen LogP contribution in [0, 0.1) is 11.8 Å². The van der Waals surface area contributed by atoms with Crippen LogP contribution in [-0.2, 0) is 14.3 Å². The molecule has 3 saturated heterocycles. The first-order chi connectivity index (χ1) is 8.77. The summed E-state index contributed by atoms with van der Waals surface area (Å²) in [5.41, 5.74) is 0. The second kappa shape index (κ2) is 3.38. The van der Waals surface area contributed by atoms with Crippen molar-refractivity contribution in [3.8, 4) is 0 Å². The molecule has 3 aliphatic heterocycles. The van der Waals surface area contributed by atoms with Gasteiger partial charge in [-0.2, -0.15) is 0 Å². The molecule has 0 saturated carbocycles. The summed E-state index contributed by atoms with van der Waals surface area (Å²) in [6.07, 6.45) is 3.24. The number of amides is 2. The van der Waals surface area contributed by atoms with Crippen molar-refractivity contribution in [1.82, 2.24) is 4.98 Å². The number of pyridine rings is 1. The highest BCUT2D eigenvalue weighted by molar-refractivity contribution is 6.22. The molecule has 0 radical (unpaired) electrons. The van der Waals surface area contributed by atoms with Gasteiger partial charge in [0.15, 0.2) is 0 Å². The van der Waals surface area contributed by atoms with Crippen molar-refractivity contribution in [2.24, 2.45) is 11.8 Å². The number of carbonyl (C=O) groups excluding carboxylic acids is 2. The number of fused-ring (bicyclic) bond motifs is 5. The molecule has 1 aromatic rings. The van der Waals surface area contributed by atoms with Gasteiger partial charge in [0, 0.05) is 6.20 Å². The van der Waals surface area contributed by atoms with Crippen LogP contribution in [-0.4, -0.2) is 29.0 Å². The van der Waals surface area contributed by atoms with Crippen LogP contribution in [0.1, 0.15) is 12.8 Å². The van der Waals surface area contributed by atoms with E-state index < -0.39 is 0 Å². The first kappa shape index (κ1) is 10.2. The van der Waals surface area contributed by atoms with Crippen LogP contribution >= 0.6 is 0 Å². The first-order valence-electron chi connectivity index (χ1n) is 6.21. The summed E-state index contributed by atoms with van der Waals surface area (Å²) in [5, 5.41) is 0. The minimum absolute atomic E-state index is 0.0647. The quantitative estimate of drug-likeness (QED) is 0.684. The van der Waals surface area contributed by atoms with E-state index >= 15 is 0 Å². The predicted molar refractivity (Wildman–Crippen MR) is 61.6 cm³/mol. The second-order valence-corrected chi connectivity index (χ2v) is 5.04. The number of ether oxygens (including phenoxy) is 1. The summed E-state index contributed by atoms with van der Waals surface area (Å²) >= 11 is 0. The summed E-state index contributed by atoms with van der Waals surface area (Å²) in [5.74, 6) is -0.412. The molecule has 0 unspecified atom stereocenters. The van der Waals surface area contributed by atoms with Gasteiger partial charge in [-0.25, -0.2) is 9.88 Å². The zero-order valence-corrected chi connectivity index (χ0v) is 9.65. The summed E-state index contributed by atoms with van der Waals surface area (Å²) in [6.45, 7) is 0. The zero-order chi connectivity index (χ0) is 12.3. The highest BCUT2D eigenvalue weighted by Gasteiger charge is 2.62. The maximum atomic E-state index is 12.4. The Kier molecular flexibility index (Phi) is 1.92. The molecule has 0 spiro atoms. The van der Waals surface area contributed by atoms with Crippen molar-refractivity contribution in [2.45, 2.75) is 25.0 Å². The fourth-order valence-electron chi connectivity index (χ4n) is 3.42. The Morgan fingerprint density at radius 1 is 1.11 bits per heavy atom. The average molecular weight is 244 g/mol. The Bertz CT molecular complexity index is 502. The van der Waals surface area contributed by atoms with Crippen LogP contribution in [0.3, 0.4) is 0 Å². The van der Waals surface area contributed by atoms with Crippen molar-refractivity contribution in [2.75, 3.05) is 4.90 Å². The van der Waals surface area contributed by atoms with Crippen molar-refractivity contribution in [3.63, 3.8) is 0 Å². The van der Waals surface area contributed by atoms with E-state index in [1.807, 2.05) is 0 Å². The lowest BCUT2D eigenvalue weighted by Gasteiger charge is -2.15. The highest BCUT2D eigenvalue weighted by atomic mass is 16.5. The molecule has 3 aliphatic rings. The minimum atomic E-state index is -0.279. The lowest BCUT2D eigenvalue weighted by Crippen LogP contribution is -2.34. The molecule has 2 amide bonds. The minimum Gasteiger partial charge on any atom is -0.373 e. The third-order valence-corrected chi connectivity index (χ3v) is 4.16. The van der Waals surface area contributed by atoms with E-state index in [2.05, 4.69) is 4.98 Å². The van der Waals surface area contributed by atoms with Gasteiger partial charge in [0.25, 0.3) is 0 Å². The summed E-state index contributed by atoms with van der Waals surface area (Å²) in [4.78, 5) is 30.1. The number of carbonyl (C=O) groups is 2. The van der Waals surface area contributed by atoms with E-state index in [1.54, 1.807) is 24.4 Å². The van der Waals surface area contributed by atoms with Crippen molar-refractivity contribution in [3.05, 3.63) is 24.4 Å². The standard InChI is InChI=1S/C13H12N2O3/c16-12-10-7-4-5-8(18-7)11(10)13(17)15(12)9-3-1-2-6-14-9/h1-3,6-8,10-11H,4-5H2/t7-,8-,10+,11+/m0/s1. The number of hydrogen-bond acceptors (Lipinski definition) is 4. The van der Waals surface area contributed by atoms with Crippen molar-refractivity contribution >= 4 is 17.6 Å². The van der Waals surface area contributed by atoms with Gasteiger partial charge in [0.05, 0.1) is 24.0 Å². The Morgan fingerprint density at radius 2 is 1.78 bits per heavy atom. The Balaban J connectivity index is 1.76. The van der Waals surface area contributed by atoms with E-state index in [9.17, 15) is 9.59 Å². The summed E-state index contributed by atoms with van der Waals surface area (Å²) < 4.78 is 5.68. The van der Waals surface area contributed by atoms with Gasteiger partial charge in [-0.15, -0.1) is 0 Å². The molecule has 4 rings (SSSR count). The fourth-order valence-corrected chi connectivity index (χ4v) is 3.42. The van der Waals surface area contributed by atoms with Crippen LogP contribution < -0.4 is 4.90 Å². The highest BCUT2D eigenvalue weighted by Crippen LogP contribution is 2.49. The van der Waals surface area contributed by atoms with Gasteiger partial charge < -0.3 is 4.74 Å². The molecule has 0 aromatic carbocycles. The largest absolute Gasteiger partial charge is 0.373 e. The Morgan fingerprint density at radius 3 is 2.33 bits per heavy atom. The van der Waals surface area contributed by atoms with Gasteiger partial charge in [0.2, 0.25) is 11.8 Å². The summed E-state index contributed by atoms with van der Waals surface area (Å²) in [6, 6.07) is 5.24. The number of anilines is 1. The molecule has 18 heavy (non-hydrogen) atoms. The molecule has 3 fully saturated rings. The van der Waals surface area contributed by atoms with Gasteiger partial charge >= 0.3 is 0 Å². The number of hydrogen-bond donors (Lipinski definition) is 0. The van der Waals surface area contributed by atoms with Gasteiger partial charge in [-0.1, -0.05) is 6.07 Å². The van der Waals surface area contributed by atoms with Crippen LogP contribution in [0.25, 0.3) is 0 Å². The normalized spacial score (nSPS) is 37.4. The van der Waals surface area contributed by atoms with E-state index in [-0.39, 0.29) is 35.9 Å². The number of nitrogens with zero attached hydrogens (tertiary/aromatic N) is 2. The molecule has 5 heteroatoms. The van der Waals surface area contributed by atoms with Gasteiger partial charge in [0.1, 0.15) is 5.82 Å². The van der Waals surface area contributed by atoms with E-state index in [1.165, 1.54) is 4.90 Å². The molecular weight excluding hydrogens is 232 g/mol. The molecule has 2 bridgehead atoms. The summed E-state index contributed by atoms with van der Waals surface area (Å²) in [7, 11) is 0. The Hall–Kier alpha value is -1.75. The topological polar surface area (TPSA) is 59.5 Å². The van der Waals surface area contributed by atoms with Crippen LogP contribution in [0.2, 0.25) is 0 Å². The fraction of sp³-hybridized carbons (Fsp3) is 0.462. The molecule has 4 heterocycles. The molecule has 0 aliphatic carbocycles. The second-order valence-electron chi connectivity index (χ2n) is 5.04. The first-order valence-corrected chi connectivity index (χ1v) is 6.21. The third kappa shape index (κ3) is 1.12. The zero-order valence-electron chi connectivity index (χ0n) is 9.65. The molecule has 1 aromatic heterocycles. The van der Waals surface area contributed by atoms with E-state index in [4.69, 9.17) is 4.74 Å². The van der Waals surface area contributed by atoms with E-state index in [0.717, 1.165) is 12.8 Å². The monoisotopic (exact) mass is 244 g/mol. The number of aromatic nitrogens is 1. The van der Waals surface area contributed by atoms with Crippen LogP contribution in [0.4, 0.5) is 5.82 Å². The predicted octanol–water partition coefficient (Wildman–Crippen LogP) is 0.748. The lowest BCUT2D eigenvalue weighted by atomic mass is 9.81. The van der Waals surface area contributed by atoms with Crippen LogP contribution in [0.15, 0.2) is 24.4 Å². The third-order valence-electron chi connectivity index (χ3n) is 4.16. The SMILES string of the molecule is O=C1[C@H]2[C@H](C(=O)N1c1ccccn1)[C@@H]1CC[C@@H]2O1. The maximum Gasteiger partial charge on any atom is 0.241 e.